The van der Waals surface area contributed by atoms with Gasteiger partial charge in [-0.3, -0.25) is 0 Å². The molecular formula is C18H18F20O. The number of aliphatic hydroxyl groups is 1. The van der Waals surface area contributed by atoms with Crippen LogP contribution in [-0.4, -0.2) is 60.1 Å². The van der Waals surface area contributed by atoms with E-state index in [-0.39, 0.29) is 0 Å². The molecule has 21 heteroatoms. The Bertz CT molecular complexity index is 741. The van der Waals surface area contributed by atoms with Crippen LogP contribution in [0.1, 0.15) is 38.5 Å². The van der Waals surface area contributed by atoms with Gasteiger partial charge in [0.05, 0.1) is 30.6 Å². The van der Waals surface area contributed by atoms with E-state index in [0.29, 0.717) is 0 Å². The third-order valence-electron chi connectivity index (χ3n) is 5.47. The van der Waals surface area contributed by atoms with Gasteiger partial charge in [-0.1, -0.05) is 0 Å². The van der Waals surface area contributed by atoms with Crippen LogP contribution in [0.15, 0.2) is 0 Å². The van der Waals surface area contributed by atoms with E-state index in [0.717, 1.165) is 0 Å². The average molecular weight is 630 g/mol. The summed E-state index contributed by atoms with van der Waals surface area (Å²) in [4.78, 5) is 0. The molecule has 0 heterocycles. The van der Waals surface area contributed by atoms with Crippen molar-refractivity contribution < 1.29 is 92.9 Å². The molecule has 0 amide bonds. The molecule has 0 rings (SSSR count). The van der Waals surface area contributed by atoms with Crippen molar-refractivity contribution in [3.05, 3.63) is 0 Å². The van der Waals surface area contributed by atoms with Crippen molar-refractivity contribution in [1.82, 2.24) is 0 Å². The molecule has 3 atom stereocenters. The van der Waals surface area contributed by atoms with E-state index in [2.05, 4.69) is 0 Å². The summed E-state index contributed by atoms with van der Waals surface area (Å²) in [6.45, 7) is -1.41. The standard InChI is InChI=1S/C18H18F20O/c19-11(20,6-12(21,22)7-13(23,17(33,34)35)18(36,37)38)5-10(16(30,31)32)4-9(15(27,28)29)3-8(1-2-39)14(24,25)26/h8-10,39H,1-7H2. The van der Waals surface area contributed by atoms with Crippen molar-refractivity contribution in [2.45, 2.75) is 86.9 Å². The fourth-order valence-electron chi connectivity index (χ4n) is 3.55. The topological polar surface area (TPSA) is 20.2 Å². The number of alkyl halides is 20. The lowest BCUT2D eigenvalue weighted by Crippen LogP contribution is -2.56. The van der Waals surface area contributed by atoms with E-state index in [4.69, 9.17) is 5.11 Å². The molecule has 0 saturated carbocycles. The van der Waals surface area contributed by atoms with Gasteiger partial charge in [-0.2, -0.15) is 65.9 Å². The average Bonchev–Trinajstić information content (AvgIpc) is 2.60. The second kappa shape index (κ2) is 11.8. The molecule has 0 spiro atoms. The third-order valence-corrected chi connectivity index (χ3v) is 5.47. The summed E-state index contributed by atoms with van der Waals surface area (Å²) in [6.07, 6.45) is -49.1. The van der Waals surface area contributed by atoms with Gasteiger partial charge in [0.15, 0.2) is 0 Å². The first-order valence-electron chi connectivity index (χ1n) is 10.2. The zero-order chi connectivity index (χ0) is 31.7. The molecule has 3 unspecified atom stereocenters. The first-order valence-corrected chi connectivity index (χ1v) is 10.2. The molecule has 39 heavy (non-hydrogen) atoms. The quantitative estimate of drug-likeness (QED) is 0.214. The van der Waals surface area contributed by atoms with Gasteiger partial charge < -0.3 is 5.11 Å². The fourth-order valence-corrected chi connectivity index (χ4v) is 3.55. The summed E-state index contributed by atoms with van der Waals surface area (Å²) in [5, 5.41) is 8.57. The number of hydrogen-bond acceptors (Lipinski definition) is 1. The van der Waals surface area contributed by atoms with Crippen LogP contribution in [-0.2, 0) is 0 Å². The van der Waals surface area contributed by atoms with Gasteiger partial charge in [-0.15, -0.1) is 0 Å². The van der Waals surface area contributed by atoms with Crippen LogP contribution in [0.5, 0.6) is 0 Å². The molecule has 236 valence electrons. The molecule has 1 nitrogen and oxygen atoms in total. The zero-order valence-electron chi connectivity index (χ0n) is 18.7. The maximum atomic E-state index is 14.0. The molecule has 0 saturated heterocycles. The smallest absolute Gasteiger partial charge is 0.396 e. The summed E-state index contributed by atoms with van der Waals surface area (Å²) in [6, 6.07) is 0. The van der Waals surface area contributed by atoms with Crippen LogP contribution >= 0.6 is 0 Å². The van der Waals surface area contributed by atoms with Gasteiger partial charge in [0.25, 0.3) is 11.8 Å². The van der Waals surface area contributed by atoms with Gasteiger partial charge >= 0.3 is 36.6 Å². The molecule has 0 aromatic heterocycles. The Morgan fingerprint density at radius 1 is 0.436 bits per heavy atom. The van der Waals surface area contributed by atoms with Crippen LogP contribution in [0.25, 0.3) is 0 Å². The number of aliphatic hydroxyl groups excluding tert-OH is 1. The van der Waals surface area contributed by atoms with E-state index in [1.807, 2.05) is 0 Å². The Hall–Kier alpha value is -1.44. The van der Waals surface area contributed by atoms with Crippen LogP contribution in [0.3, 0.4) is 0 Å². The Morgan fingerprint density at radius 2 is 0.795 bits per heavy atom. The zero-order valence-corrected chi connectivity index (χ0v) is 18.7. The van der Waals surface area contributed by atoms with Gasteiger partial charge in [0.2, 0.25) is 0 Å². The van der Waals surface area contributed by atoms with E-state index < -0.39 is 111 Å². The highest BCUT2D eigenvalue weighted by atomic mass is 19.4. The van der Waals surface area contributed by atoms with Gasteiger partial charge in [-0.25, -0.2) is 22.0 Å². The Kier molecular flexibility index (Phi) is 11.4. The number of rotatable bonds is 12. The molecule has 1 N–H and O–H groups in total. The number of halogens is 20. The van der Waals surface area contributed by atoms with Crippen molar-refractivity contribution in [3.63, 3.8) is 0 Å². The fraction of sp³-hybridized carbons (Fsp3) is 1.00. The normalized spacial score (nSPS) is 17.8. The lowest BCUT2D eigenvalue weighted by Gasteiger charge is -2.35. The molecule has 0 radical (unpaired) electrons. The van der Waals surface area contributed by atoms with Crippen molar-refractivity contribution in [3.8, 4) is 0 Å². The Morgan fingerprint density at radius 3 is 1.10 bits per heavy atom. The minimum absolute atomic E-state index is 1.41. The maximum absolute atomic E-state index is 14.0. The molecule has 0 aromatic carbocycles. The van der Waals surface area contributed by atoms with Crippen LogP contribution in [0.4, 0.5) is 87.8 Å². The van der Waals surface area contributed by atoms with Crippen LogP contribution in [0.2, 0.25) is 0 Å². The highest BCUT2D eigenvalue weighted by molar-refractivity contribution is 4.99. The molecule has 0 aromatic rings. The molecule has 0 fully saturated rings. The lowest BCUT2D eigenvalue weighted by atomic mass is 9.81. The van der Waals surface area contributed by atoms with Crippen LogP contribution in [0, 0.1) is 17.8 Å². The van der Waals surface area contributed by atoms with E-state index in [1.54, 1.807) is 0 Å². The molecule has 0 aliphatic rings. The predicted octanol–water partition coefficient (Wildman–Crippen LogP) is 8.96. The highest BCUT2D eigenvalue weighted by Gasteiger charge is 2.75. The SMILES string of the molecule is OCCC(CC(CC(CC(F)(F)CC(F)(F)CC(F)(C(F)(F)F)C(F)(F)F)C(F)(F)F)C(F)(F)F)C(F)(F)F. The van der Waals surface area contributed by atoms with Crippen molar-refractivity contribution in [1.29, 1.82) is 0 Å². The van der Waals surface area contributed by atoms with Gasteiger partial charge in [0, 0.05) is 13.0 Å². The summed E-state index contributed by atoms with van der Waals surface area (Å²) >= 11 is 0. The minimum atomic E-state index is -7.16. The lowest BCUT2D eigenvalue weighted by molar-refractivity contribution is -0.356. The molecule has 0 aliphatic heterocycles. The van der Waals surface area contributed by atoms with E-state index in [9.17, 15) is 87.8 Å². The molecule has 0 bridgehead atoms. The molecule has 0 aliphatic carbocycles. The largest absolute Gasteiger partial charge is 0.431 e. The van der Waals surface area contributed by atoms with Crippen LogP contribution < -0.4 is 0 Å². The Balaban J connectivity index is 6.14. The first kappa shape index (κ1) is 37.6. The van der Waals surface area contributed by atoms with E-state index in [1.165, 1.54) is 0 Å². The second-order valence-electron chi connectivity index (χ2n) is 8.77. The van der Waals surface area contributed by atoms with Crippen molar-refractivity contribution in [2.24, 2.45) is 17.8 Å². The second-order valence-corrected chi connectivity index (χ2v) is 8.77. The van der Waals surface area contributed by atoms with Crippen molar-refractivity contribution >= 4 is 0 Å². The number of hydrogen-bond donors (Lipinski definition) is 1. The summed E-state index contributed by atoms with van der Waals surface area (Å²) in [7, 11) is 0. The predicted molar refractivity (Wildman–Crippen MR) is 89.3 cm³/mol. The van der Waals surface area contributed by atoms with Gasteiger partial charge in [0.1, 0.15) is 0 Å². The van der Waals surface area contributed by atoms with E-state index >= 15 is 0 Å². The highest BCUT2D eigenvalue weighted by Crippen LogP contribution is 2.54. The summed E-state index contributed by atoms with van der Waals surface area (Å²) < 4.78 is 262. The summed E-state index contributed by atoms with van der Waals surface area (Å²) in [5.74, 6) is -22.5. The van der Waals surface area contributed by atoms with Crippen molar-refractivity contribution in [2.75, 3.05) is 6.61 Å². The minimum Gasteiger partial charge on any atom is -0.396 e. The maximum Gasteiger partial charge on any atom is 0.431 e. The third kappa shape index (κ3) is 11.2. The Labute approximate surface area is 205 Å². The summed E-state index contributed by atoms with van der Waals surface area (Å²) in [5.41, 5.74) is -6.82. The monoisotopic (exact) mass is 630 g/mol. The van der Waals surface area contributed by atoms with Gasteiger partial charge in [-0.05, 0) is 19.3 Å². The molecular weight excluding hydrogens is 612 g/mol. The first-order chi connectivity index (χ1) is 16.8.